The standard InChI is InChI=1S/C20H20N6O2/c1-11-16-13(25-26-20(21)22)7-3-9-15(16)28-18(11)19(27)24-14-8-2-5-12-6-4-10-23-17(12)14/h2,4-6,8,10H,3,7,9H2,1H3,(H,24,27)(H4,21,22,26)/b25-13+. The molecule has 0 saturated heterocycles. The number of para-hydroxylation sites is 1. The van der Waals surface area contributed by atoms with Crippen molar-refractivity contribution in [3.05, 3.63) is 59.2 Å². The molecule has 2 aromatic heterocycles. The van der Waals surface area contributed by atoms with Gasteiger partial charge in [-0.2, -0.15) is 5.10 Å². The van der Waals surface area contributed by atoms with E-state index in [-0.39, 0.29) is 17.6 Å². The monoisotopic (exact) mass is 376 g/mol. The zero-order chi connectivity index (χ0) is 19.7. The molecule has 0 bridgehead atoms. The van der Waals surface area contributed by atoms with E-state index < -0.39 is 0 Å². The molecular formula is C20H20N6O2. The Labute approximate surface area is 161 Å². The van der Waals surface area contributed by atoms with Crippen molar-refractivity contribution in [2.75, 3.05) is 5.32 Å². The maximum Gasteiger partial charge on any atom is 0.291 e. The highest BCUT2D eigenvalue weighted by Crippen LogP contribution is 2.31. The van der Waals surface area contributed by atoms with Gasteiger partial charge in [-0.05, 0) is 31.9 Å². The van der Waals surface area contributed by atoms with Crippen LogP contribution in [-0.4, -0.2) is 22.6 Å². The summed E-state index contributed by atoms with van der Waals surface area (Å²) < 4.78 is 5.90. The predicted octanol–water partition coefficient (Wildman–Crippen LogP) is 2.70. The molecule has 0 radical (unpaired) electrons. The number of carbonyl (C=O) groups excluding carboxylic acids is 1. The summed E-state index contributed by atoms with van der Waals surface area (Å²) in [5.41, 5.74) is 14.4. The van der Waals surface area contributed by atoms with Crippen LogP contribution in [0, 0.1) is 6.92 Å². The summed E-state index contributed by atoms with van der Waals surface area (Å²) in [6, 6.07) is 9.44. The maximum atomic E-state index is 12.9. The average molecular weight is 376 g/mol. The molecule has 8 heteroatoms. The molecule has 28 heavy (non-hydrogen) atoms. The molecule has 4 rings (SSSR count). The summed E-state index contributed by atoms with van der Waals surface area (Å²) >= 11 is 0. The molecule has 5 N–H and O–H groups in total. The van der Waals surface area contributed by atoms with Gasteiger partial charge < -0.3 is 21.2 Å². The largest absolute Gasteiger partial charge is 0.455 e. The molecule has 0 fully saturated rings. The van der Waals surface area contributed by atoms with Gasteiger partial charge in [0, 0.05) is 29.1 Å². The van der Waals surface area contributed by atoms with E-state index in [2.05, 4.69) is 20.5 Å². The Kier molecular flexibility index (Phi) is 4.52. The molecule has 142 valence electrons. The van der Waals surface area contributed by atoms with Crippen LogP contribution in [0.4, 0.5) is 5.69 Å². The lowest BCUT2D eigenvalue weighted by Gasteiger charge is -2.11. The van der Waals surface area contributed by atoms with Crippen LogP contribution in [0.5, 0.6) is 0 Å². The Morgan fingerprint density at radius 2 is 2.04 bits per heavy atom. The van der Waals surface area contributed by atoms with Crippen molar-refractivity contribution in [2.45, 2.75) is 26.2 Å². The number of nitrogens with one attached hydrogen (secondary N) is 1. The summed E-state index contributed by atoms with van der Waals surface area (Å²) in [6.07, 6.45) is 4.01. The summed E-state index contributed by atoms with van der Waals surface area (Å²) in [7, 11) is 0. The molecule has 1 amide bonds. The van der Waals surface area contributed by atoms with Crippen LogP contribution in [0.15, 0.2) is 51.1 Å². The van der Waals surface area contributed by atoms with Gasteiger partial charge in [0.25, 0.3) is 5.91 Å². The number of nitrogens with zero attached hydrogens (tertiary/aromatic N) is 3. The molecule has 2 heterocycles. The topological polar surface area (TPSA) is 132 Å². The molecular weight excluding hydrogens is 356 g/mol. The van der Waals surface area contributed by atoms with E-state index in [9.17, 15) is 4.79 Å². The normalized spacial score (nSPS) is 14.7. The Balaban J connectivity index is 1.70. The Hall–Kier alpha value is -3.68. The molecule has 0 saturated carbocycles. The number of guanidine groups is 1. The molecule has 1 aromatic carbocycles. The fourth-order valence-electron chi connectivity index (χ4n) is 3.49. The quantitative estimate of drug-likeness (QED) is 0.367. The zero-order valence-corrected chi connectivity index (χ0v) is 15.4. The number of benzene rings is 1. The molecule has 1 aliphatic rings. The number of furan rings is 1. The average Bonchev–Trinajstić information content (AvgIpc) is 3.04. The molecule has 3 aromatic rings. The van der Waals surface area contributed by atoms with Crippen LogP contribution < -0.4 is 16.8 Å². The number of pyridine rings is 1. The summed E-state index contributed by atoms with van der Waals surface area (Å²) in [6.45, 7) is 1.84. The second kappa shape index (κ2) is 7.15. The first-order valence-electron chi connectivity index (χ1n) is 8.98. The zero-order valence-electron chi connectivity index (χ0n) is 15.4. The number of fused-ring (bicyclic) bond motifs is 2. The van der Waals surface area contributed by atoms with Crippen LogP contribution in [-0.2, 0) is 6.42 Å². The van der Waals surface area contributed by atoms with Crippen molar-refractivity contribution in [3.8, 4) is 0 Å². The van der Waals surface area contributed by atoms with Gasteiger partial charge in [0.05, 0.1) is 16.9 Å². The number of amides is 1. The van der Waals surface area contributed by atoms with Crippen molar-refractivity contribution in [1.29, 1.82) is 0 Å². The number of anilines is 1. The third-order valence-corrected chi connectivity index (χ3v) is 4.70. The maximum absolute atomic E-state index is 12.9. The highest BCUT2D eigenvalue weighted by molar-refractivity contribution is 6.11. The van der Waals surface area contributed by atoms with Gasteiger partial charge >= 0.3 is 0 Å². The van der Waals surface area contributed by atoms with Gasteiger partial charge in [-0.3, -0.25) is 9.78 Å². The third kappa shape index (κ3) is 3.20. The number of nitrogens with two attached hydrogens (primary N) is 2. The lowest BCUT2D eigenvalue weighted by Crippen LogP contribution is -2.22. The molecule has 0 spiro atoms. The van der Waals surface area contributed by atoms with E-state index in [4.69, 9.17) is 15.9 Å². The lowest BCUT2D eigenvalue weighted by atomic mass is 9.93. The smallest absolute Gasteiger partial charge is 0.291 e. The van der Waals surface area contributed by atoms with Gasteiger partial charge in [0.1, 0.15) is 5.76 Å². The van der Waals surface area contributed by atoms with E-state index in [1.54, 1.807) is 6.20 Å². The number of hydrogen-bond donors (Lipinski definition) is 3. The van der Waals surface area contributed by atoms with Gasteiger partial charge in [-0.1, -0.05) is 18.2 Å². The first-order valence-corrected chi connectivity index (χ1v) is 8.98. The van der Waals surface area contributed by atoms with E-state index >= 15 is 0 Å². The van der Waals surface area contributed by atoms with Crippen LogP contribution in [0.25, 0.3) is 10.9 Å². The number of rotatable bonds is 3. The van der Waals surface area contributed by atoms with E-state index in [0.717, 1.165) is 52.8 Å². The van der Waals surface area contributed by atoms with Gasteiger partial charge in [-0.25, -0.2) is 0 Å². The summed E-state index contributed by atoms with van der Waals surface area (Å²) in [5.74, 6) is 0.556. The Bertz CT molecular complexity index is 1120. The predicted molar refractivity (Wildman–Crippen MR) is 108 cm³/mol. The van der Waals surface area contributed by atoms with Crippen molar-refractivity contribution >= 4 is 34.2 Å². The van der Waals surface area contributed by atoms with Crippen LogP contribution in [0.3, 0.4) is 0 Å². The molecule has 0 atom stereocenters. The van der Waals surface area contributed by atoms with Gasteiger partial charge in [-0.15, -0.1) is 5.10 Å². The molecule has 0 aliphatic heterocycles. The number of aryl methyl sites for hydroxylation is 1. The fourth-order valence-corrected chi connectivity index (χ4v) is 3.49. The SMILES string of the molecule is Cc1c(C(=O)Nc2cccc3cccnc23)oc2c1/C(=N/N=C(N)N)CCC2. The highest BCUT2D eigenvalue weighted by atomic mass is 16.4. The molecule has 8 nitrogen and oxygen atoms in total. The fraction of sp³-hybridized carbons (Fsp3) is 0.200. The lowest BCUT2D eigenvalue weighted by molar-refractivity contribution is 0.0994. The Morgan fingerprint density at radius 1 is 1.21 bits per heavy atom. The summed E-state index contributed by atoms with van der Waals surface area (Å²) in [4.78, 5) is 17.3. The minimum Gasteiger partial charge on any atom is -0.455 e. The van der Waals surface area contributed by atoms with E-state index in [1.165, 1.54) is 0 Å². The van der Waals surface area contributed by atoms with Gasteiger partial charge in [0.2, 0.25) is 5.96 Å². The molecule has 0 unspecified atom stereocenters. The van der Waals surface area contributed by atoms with Crippen molar-refractivity contribution in [3.63, 3.8) is 0 Å². The molecule has 1 aliphatic carbocycles. The second-order valence-electron chi connectivity index (χ2n) is 6.61. The minimum atomic E-state index is -0.328. The van der Waals surface area contributed by atoms with E-state index in [1.807, 2.05) is 37.3 Å². The van der Waals surface area contributed by atoms with Crippen LogP contribution in [0.1, 0.15) is 40.3 Å². The first kappa shape index (κ1) is 17.7. The highest BCUT2D eigenvalue weighted by Gasteiger charge is 2.28. The summed E-state index contributed by atoms with van der Waals surface area (Å²) in [5, 5.41) is 11.7. The van der Waals surface area contributed by atoms with Crippen molar-refractivity contribution in [1.82, 2.24) is 4.98 Å². The first-order chi connectivity index (χ1) is 13.5. The number of aromatic nitrogens is 1. The van der Waals surface area contributed by atoms with Crippen molar-refractivity contribution in [2.24, 2.45) is 21.7 Å². The van der Waals surface area contributed by atoms with Gasteiger partial charge in [0.15, 0.2) is 5.76 Å². The number of hydrogen-bond acceptors (Lipinski definition) is 5. The van der Waals surface area contributed by atoms with E-state index in [0.29, 0.717) is 5.69 Å². The second-order valence-corrected chi connectivity index (χ2v) is 6.61. The minimum absolute atomic E-state index is 0.109. The third-order valence-electron chi connectivity index (χ3n) is 4.70. The van der Waals surface area contributed by atoms with Crippen LogP contribution >= 0.6 is 0 Å². The Morgan fingerprint density at radius 3 is 2.86 bits per heavy atom. The van der Waals surface area contributed by atoms with Crippen LogP contribution in [0.2, 0.25) is 0 Å². The number of carbonyl (C=O) groups is 1. The van der Waals surface area contributed by atoms with Crippen molar-refractivity contribution < 1.29 is 9.21 Å².